The van der Waals surface area contributed by atoms with Gasteiger partial charge in [-0.15, -0.1) is 0 Å². The molecule has 0 bridgehead atoms. The third kappa shape index (κ3) is 5.40. The molecular formula is C29H26F2N8O3. The molecule has 5 aromatic rings. The van der Waals surface area contributed by atoms with Gasteiger partial charge in [0.15, 0.2) is 11.5 Å². The van der Waals surface area contributed by atoms with Crippen molar-refractivity contribution in [3.8, 4) is 22.5 Å². The Hall–Kier alpha value is -5.20. The maximum absolute atomic E-state index is 13.8. The van der Waals surface area contributed by atoms with Crippen molar-refractivity contribution in [1.82, 2.24) is 34.3 Å². The standard InChI is InChI=1S/C29H26F2N8O3/c1-29(2,3)42-28(41)37-12-13-38-21(15-37)25(26(36-38)17-4-6-19(30)7-5-17)20-8-9-24-33-23(16-39(24)35-20)34-27(40)18-10-11-32-22(31)14-18/h4-11,14,16H,12-13,15H2,1-3H3,(H,34,40). The third-order valence-corrected chi connectivity index (χ3v) is 6.56. The summed E-state index contributed by atoms with van der Waals surface area (Å²) in [5.41, 5.74) is 3.10. The molecule has 0 unspecified atom stereocenters. The molecule has 1 aliphatic heterocycles. The molecule has 0 spiro atoms. The molecule has 0 saturated carbocycles. The lowest BCUT2D eigenvalue weighted by Gasteiger charge is -2.30. The molecule has 0 aliphatic carbocycles. The maximum atomic E-state index is 13.8. The van der Waals surface area contributed by atoms with Crippen LogP contribution in [-0.2, 0) is 17.8 Å². The van der Waals surface area contributed by atoms with Crippen molar-refractivity contribution < 1.29 is 23.1 Å². The zero-order valence-corrected chi connectivity index (χ0v) is 23.0. The molecule has 1 aliphatic rings. The second-order valence-corrected chi connectivity index (χ2v) is 10.8. The molecule has 2 amide bonds. The summed E-state index contributed by atoms with van der Waals surface area (Å²) in [5.74, 6) is -1.47. The van der Waals surface area contributed by atoms with E-state index in [2.05, 4.69) is 15.3 Å². The molecule has 0 atom stereocenters. The number of fused-ring (bicyclic) bond motifs is 2. The Balaban J connectivity index is 1.38. The quantitative estimate of drug-likeness (QED) is 0.303. The van der Waals surface area contributed by atoms with E-state index >= 15 is 0 Å². The first-order valence-electron chi connectivity index (χ1n) is 13.2. The largest absolute Gasteiger partial charge is 0.444 e. The van der Waals surface area contributed by atoms with E-state index in [0.717, 1.165) is 11.8 Å². The molecule has 1 aromatic carbocycles. The first-order valence-corrected chi connectivity index (χ1v) is 13.2. The van der Waals surface area contributed by atoms with E-state index < -0.39 is 23.5 Å². The fraction of sp³-hybridized carbons (Fsp3) is 0.241. The van der Waals surface area contributed by atoms with Crippen molar-refractivity contribution in [2.24, 2.45) is 0 Å². The number of rotatable bonds is 4. The summed E-state index contributed by atoms with van der Waals surface area (Å²) in [4.78, 5) is 35.0. The Morgan fingerprint density at radius 3 is 2.52 bits per heavy atom. The Kier molecular flexibility index (Phi) is 6.64. The van der Waals surface area contributed by atoms with Crippen molar-refractivity contribution in [1.29, 1.82) is 0 Å². The van der Waals surface area contributed by atoms with E-state index in [1.807, 2.05) is 25.5 Å². The zero-order valence-electron chi connectivity index (χ0n) is 23.0. The summed E-state index contributed by atoms with van der Waals surface area (Å²) in [7, 11) is 0. The molecule has 1 N–H and O–H groups in total. The van der Waals surface area contributed by atoms with Gasteiger partial charge < -0.3 is 15.0 Å². The van der Waals surface area contributed by atoms with E-state index in [9.17, 15) is 18.4 Å². The van der Waals surface area contributed by atoms with Gasteiger partial charge in [-0.25, -0.2) is 23.7 Å². The number of ether oxygens (including phenoxy) is 1. The Labute approximate surface area is 238 Å². The number of hydrogen-bond donors (Lipinski definition) is 1. The van der Waals surface area contributed by atoms with Gasteiger partial charge in [-0.2, -0.15) is 14.6 Å². The Morgan fingerprint density at radius 1 is 1.00 bits per heavy atom. The molecule has 214 valence electrons. The summed E-state index contributed by atoms with van der Waals surface area (Å²) in [6.07, 6.45) is 2.31. The van der Waals surface area contributed by atoms with Crippen molar-refractivity contribution >= 4 is 23.5 Å². The molecule has 0 saturated heterocycles. The highest BCUT2D eigenvalue weighted by Gasteiger charge is 2.31. The van der Waals surface area contributed by atoms with E-state index in [0.29, 0.717) is 41.3 Å². The molecule has 0 radical (unpaired) electrons. The lowest BCUT2D eigenvalue weighted by molar-refractivity contribution is 0.0195. The van der Waals surface area contributed by atoms with Gasteiger partial charge in [-0.1, -0.05) is 0 Å². The second kappa shape index (κ2) is 10.3. The van der Waals surface area contributed by atoms with Crippen molar-refractivity contribution in [3.63, 3.8) is 0 Å². The topological polar surface area (TPSA) is 120 Å². The van der Waals surface area contributed by atoms with Crippen LogP contribution in [0.25, 0.3) is 28.2 Å². The second-order valence-electron chi connectivity index (χ2n) is 10.8. The van der Waals surface area contributed by atoms with E-state index in [1.165, 1.54) is 35.1 Å². The molecular weight excluding hydrogens is 546 g/mol. The number of nitrogens with one attached hydrogen (secondary N) is 1. The third-order valence-electron chi connectivity index (χ3n) is 6.56. The average Bonchev–Trinajstić information content (AvgIpc) is 3.52. The monoisotopic (exact) mass is 572 g/mol. The van der Waals surface area contributed by atoms with Crippen LogP contribution in [0.4, 0.5) is 19.4 Å². The van der Waals surface area contributed by atoms with Crippen LogP contribution in [0.3, 0.4) is 0 Å². The molecule has 6 rings (SSSR count). The highest BCUT2D eigenvalue weighted by Crippen LogP contribution is 2.36. The maximum Gasteiger partial charge on any atom is 0.410 e. The van der Waals surface area contributed by atoms with Gasteiger partial charge in [0.25, 0.3) is 5.91 Å². The molecule has 13 heteroatoms. The number of carbonyl (C=O) groups is 2. The summed E-state index contributed by atoms with van der Waals surface area (Å²) in [6, 6.07) is 11.9. The van der Waals surface area contributed by atoms with Gasteiger partial charge in [-0.05, 0) is 63.2 Å². The number of carbonyl (C=O) groups excluding carboxylic acids is 2. The zero-order chi connectivity index (χ0) is 29.6. The number of imidazole rings is 1. The summed E-state index contributed by atoms with van der Waals surface area (Å²) in [6.45, 7) is 6.51. The van der Waals surface area contributed by atoms with Gasteiger partial charge >= 0.3 is 6.09 Å². The van der Waals surface area contributed by atoms with Gasteiger partial charge in [0.2, 0.25) is 5.95 Å². The minimum atomic E-state index is -0.768. The van der Waals surface area contributed by atoms with E-state index in [4.69, 9.17) is 14.9 Å². The Bertz CT molecular complexity index is 1830. The van der Waals surface area contributed by atoms with Crippen molar-refractivity contribution in [3.05, 3.63) is 83.9 Å². The smallest absolute Gasteiger partial charge is 0.410 e. The van der Waals surface area contributed by atoms with Gasteiger partial charge in [0.1, 0.15) is 17.1 Å². The number of hydrogen-bond acceptors (Lipinski definition) is 7. The number of halogens is 2. The van der Waals surface area contributed by atoms with Crippen LogP contribution in [0.15, 0.2) is 60.9 Å². The number of amides is 2. The highest BCUT2D eigenvalue weighted by atomic mass is 19.1. The van der Waals surface area contributed by atoms with Crippen LogP contribution in [-0.4, -0.2) is 58.4 Å². The van der Waals surface area contributed by atoms with Crippen LogP contribution in [0.5, 0.6) is 0 Å². The molecule has 11 nitrogen and oxygen atoms in total. The lowest BCUT2D eigenvalue weighted by atomic mass is 10.0. The number of anilines is 1. The molecule has 4 aromatic heterocycles. The number of aromatic nitrogens is 6. The number of pyridine rings is 1. The van der Waals surface area contributed by atoms with Crippen LogP contribution in [0.2, 0.25) is 0 Å². The first kappa shape index (κ1) is 27.0. The Morgan fingerprint density at radius 2 is 1.79 bits per heavy atom. The van der Waals surface area contributed by atoms with E-state index in [1.54, 1.807) is 29.2 Å². The van der Waals surface area contributed by atoms with Gasteiger partial charge in [-0.3, -0.25) is 9.48 Å². The number of nitrogens with zero attached hydrogens (tertiary/aromatic N) is 7. The van der Waals surface area contributed by atoms with Crippen LogP contribution in [0.1, 0.15) is 36.8 Å². The number of benzene rings is 1. The van der Waals surface area contributed by atoms with Crippen LogP contribution < -0.4 is 5.32 Å². The predicted molar refractivity (Wildman–Crippen MR) is 148 cm³/mol. The fourth-order valence-corrected chi connectivity index (χ4v) is 4.69. The van der Waals surface area contributed by atoms with Crippen LogP contribution in [0, 0.1) is 11.8 Å². The van der Waals surface area contributed by atoms with Crippen molar-refractivity contribution in [2.45, 2.75) is 39.5 Å². The molecule has 42 heavy (non-hydrogen) atoms. The minimum Gasteiger partial charge on any atom is -0.444 e. The average molecular weight is 573 g/mol. The lowest BCUT2D eigenvalue weighted by Crippen LogP contribution is -2.41. The summed E-state index contributed by atoms with van der Waals surface area (Å²) >= 11 is 0. The predicted octanol–water partition coefficient (Wildman–Crippen LogP) is 4.94. The van der Waals surface area contributed by atoms with Gasteiger partial charge in [0.05, 0.1) is 36.2 Å². The van der Waals surface area contributed by atoms with E-state index in [-0.39, 0.29) is 23.7 Å². The summed E-state index contributed by atoms with van der Waals surface area (Å²) in [5, 5.41) is 12.2. The fourth-order valence-electron chi connectivity index (χ4n) is 4.69. The van der Waals surface area contributed by atoms with Gasteiger partial charge in [0, 0.05) is 29.9 Å². The minimum absolute atomic E-state index is 0.0956. The normalized spacial score (nSPS) is 13.2. The molecule has 0 fully saturated rings. The van der Waals surface area contributed by atoms with Crippen molar-refractivity contribution in [2.75, 3.05) is 11.9 Å². The SMILES string of the molecule is CC(C)(C)OC(=O)N1CCn2nc(-c3ccc(F)cc3)c(-c3ccc4nc(NC(=O)c5ccnc(F)c5)cn4n3)c2C1. The summed E-state index contributed by atoms with van der Waals surface area (Å²) < 4.78 is 36.2. The first-order chi connectivity index (χ1) is 20.0. The van der Waals surface area contributed by atoms with Crippen LogP contribution >= 0.6 is 0 Å². The highest BCUT2D eigenvalue weighted by molar-refractivity contribution is 6.03. The molecule has 5 heterocycles.